The summed E-state index contributed by atoms with van der Waals surface area (Å²) in [6.07, 6.45) is 17.2. The molecule has 4 aliphatic carbocycles. The van der Waals surface area contributed by atoms with Gasteiger partial charge in [0.05, 0.1) is 0 Å². The minimum atomic E-state index is -0.115. The summed E-state index contributed by atoms with van der Waals surface area (Å²) in [5, 5.41) is 0. The van der Waals surface area contributed by atoms with Crippen LogP contribution in [0.25, 0.3) is 0 Å². The molecule has 0 aliphatic heterocycles. The van der Waals surface area contributed by atoms with Crippen molar-refractivity contribution in [1.29, 1.82) is 0 Å². The molecule has 2 heteroatoms. The van der Waals surface area contributed by atoms with E-state index in [1.54, 1.807) is 12.5 Å². The molecule has 0 N–H and O–H groups in total. The Kier molecular flexibility index (Phi) is 6.68. The molecule has 2 nitrogen and oxygen atoms in total. The standard InChI is InChI=1S/C29H48O2/c1-19(2)8-7-9-20(3)25-12-13-26-24-11-10-22-18-23(31-21(4)30)14-16-28(22,5)27(24)15-17-29(25,26)6/h10,19-20,23-27H,7-9,11-18H2,1-6H3/t20-,23-,24+,25+,26+,27+,28-,29+/m0/s1. The second kappa shape index (κ2) is 8.86. The number of hydrogen-bond acceptors (Lipinski definition) is 2. The Morgan fingerprint density at radius 3 is 2.55 bits per heavy atom. The lowest BCUT2D eigenvalue weighted by Gasteiger charge is -2.58. The number of ether oxygens (including phenoxy) is 1. The summed E-state index contributed by atoms with van der Waals surface area (Å²) in [6.45, 7) is 14.1. The van der Waals surface area contributed by atoms with Crippen LogP contribution < -0.4 is 0 Å². The molecule has 176 valence electrons. The summed E-state index contributed by atoms with van der Waals surface area (Å²) in [5.74, 6) is 5.19. The van der Waals surface area contributed by atoms with Crippen molar-refractivity contribution in [2.24, 2.45) is 46.3 Å². The number of esters is 1. The normalized spacial score (nSPS) is 42.9. The molecule has 0 aromatic rings. The number of rotatable bonds is 6. The van der Waals surface area contributed by atoms with Crippen LogP contribution in [0.1, 0.15) is 112 Å². The molecular formula is C29H48O2. The Morgan fingerprint density at radius 2 is 1.84 bits per heavy atom. The highest BCUT2D eigenvalue weighted by Crippen LogP contribution is 2.67. The second-order valence-corrected chi connectivity index (χ2v) is 12.8. The molecule has 0 saturated heterocycles. The fraction of sp³-hybridized carbons (Fsp3) is 0.897. The first-order chi connectivity index (χ1) is 14.6. The molecule has 8 atom stereocenters. The molecule has 0 amide bonds. The molecule has 0 radical (unpaired) electrons. The van der Waals surface area contributed by atoms with Crippen LogP contribution in [0.2, 0.25) is 0 Å². The average molecular weight is 429 g/mol. The summed E-state index contributed by atoms with van der Waals surface area (Å²) in [7, 11) is 0. The predicted molar refractivity (Wildman–Crippen MR) is 129 cm³/mol. The van der Waals surface area contributed by atoms with Crippen LogP contribution in [0, 0.1) is 46.3 Å². The van der Waals surface area contributed by atoms with Crippen molar-refractivity contribution in [3.05, 3.63) is 11.6 Å². The lowest BCUT2D eigenvalue weighted by molar-refractivity contribution is -0.148. The quantitative estimate of drug-likeness (QED) is 0.317. The van der Waals surface area contributed by atoms with Crippen molar-refractivity contribution in [3.8, 4) is 0 Å². The second-order valence-electron chi connectivity index (χ2n) is 12.8. The van der Waals surface area contributed by atoms with Gasteiger partial charge in [-0.2, -0.15) is 0 Å². The molecule has 0 aromatic heterocycles. The maximum atomic E-state index is 11.5. The highest BCUT2D eigenvalue weighted by molar-refractivity contribution is 5.66. The molecule has 3 saturated carbocycles. The molecule has 4 aliphatic rings. The van der Waals surface area contributed by atoms with Gasteiger partial charge < -0.3 is 4.74 Å². The van der Waals surface area contributed by atoms with E-state index in [-0.39, 0.29) is 12.1 Å². The Bertz CT molecular complexity index is 693. The molecule has 0 aromatic carbocycles. The maximum absolute atomic E-state index is 11.5. The van der Waals surface area contributed by atoms with Crippen molar-refractivity contribution in [1.82, 2.24) is 0 Å². The van der Waals surface area contributed by atoms with Crippen LogP contribution in [0.15, 0.2) is 11.6 Å². The molecule has 0 bridgehead atoms. The fourth-order valence-corrected chi connectivity index (χ4v) is 8.99. The van der Waals surface area contributed by atoms with Gasteiger partial charge in [-0.05, 0) is 91.3 Å². The van der Waals surface area contributed by atoms with Gasteiger partial charge in [-0.1, -0.05) is 65.5 Å². The van der Waals surface area contributed by atoms with Crippen molar-refractivity contribution >= 4 is 5.97 Å². The van der Waals surface area contributed by atoms with Gasteiger partial charge in [0.15, 0.2) is 0 Å². The molecule has 4 rings (SSSR count). The summed E-state index contributed by atoms with van der Waals surface area (Å²) >= 11 is 0. The van der Waals surface area contributed by atoms with Gasteiger partial charge in [0.2, 0.25) is 0 Å². The zero-order valence-electron chi connectivity index (χ0n) is 21.2. The first-order valence-corrected chi connectivity index (χ1v) is 13.5. The third kappa shape index (κ3) is 4.26. The van der Waals surface area contributed by atoms with E-state index in [1.807, 2.05) is 0 Å². The Morgan fingerprint density at radius 1 is 1.06 bits per heavy atom. The minimum Gasteiger partial charge on any atom is -0.462 e. The van der Waals surface area contributed by atoms with E-state index in [2.05, 4.69) is 40.7 Å². The van der Waals surface area contributed by atoms with E-state index in [0.29, 0.717) is 10.8 Å². The lowest BCUT2D eigenvalue weighted by atomic mass is 9.47. The van der Waals surface area contributed by atoms with Crippen molar-refractivity contribution in [2.75, 3.05) is 0 Å². The van der Waals surface area contributed by atoms with Crippen LogP contribution in [0.5, 0.6) is 0 Å². The third-order valence-corrected chi connectivity index (χ3v) is 10.6. The summed E-state index contributed by atoms with van der Waals surface area (Å²) in [6, 6.07) is 0. The summed E-state index contributed by atoms with van der Waals surface area (Å²) < 4.78 is 5.61. The number of hydrogen-bond donors (Lipinski definition) is 0. The van der Waals surface area contributed by atoms with Crippen molar-refractivity contribution in [3.63, 3.8) is 0 Å². The summed E-state index contributed by atoms with van der Waals surface area (Å²) in [4.78, 5) is 11.5. The van der Waals surface area contributed by atoms with E-state index < -0.39 is 0 Å². The molecule has 0 heterocycles. The predicted octanol–water partition coefficient (Wildman–Crippen LogP) is 7.96. The molecule has 31 heavy (non-hydrogen) atoms. The van der Waals surface area contributed by atoms with Gasteiger partial charge in [-0.15, -0.1) is 0 Å². The maximum Gasteiger partial charge on any atom is 0.302 e. The SMILES string of the molecule is CC(=O)O[C@H]1CC[C@@]2(C)C(=CC[C@@H]3[C@H]4CC[C@H]([C@@H](C)CCCC(C)C)[C@@]4(C)CC[C@H]32)C1. The van der Waals surface area contributed by atoms with Crippen LogP contribution in [-0.2, 0) is 9.53 Å². The van der Waals surface area contributed by atoms with E-state index in [0.717, 1.165) is 48.3 Å². The first kappa shape index (κ1) is 23.4. The fourth-order valence-electron chi connectivity index (χ4n) is 8.99. The van der Waals surface area contributed by atoms with E-state index in [4.69, 9.17) is 4.74 Å². The molecular weight excluding hydrogens is 380 g/mol. The number of fused-ring (bicyclic) bond motifs is 5. The highest BCUT2D eigenvalue weighted by Gasteiger charge is 2.59. The van der Waals surface area contributed by atoms with Crippen LogP contribution in [0.4, 0.5) is 0 Å². The molecule has 0 spiro atoms. The monoisotopic (exact) mass is 428 g/mol. The van der Waals surface area contributed by atoms with Gasteiger partial charge in [0, 0.05) is 13.3 Å². The highest BCUT2D eigenvalue weighted by atomic mass is 16.5. The lowest BCUT2D eigenvalue weighted by Crippen LogP contribution is -2.51. The summed E-state index contributed by atoms with van der Waals surface area (Å²) in [5.41, 5.74) is 2.53. The zero-order chi connectivity index (χ0) is 22.4. The molecule has 0 unspecified atom stereocenters. The van der Waals surface area contributed by atoms with Gasteiger partial charge in [-0.25, -0.2) is 0 Å². The Hall–Kier alpha value is -0.790. The largest absolute Gasteiger partial charge is 0.462 e. The third-order valence-electron chi connectivity index (χ3n) is 10.6. The van der Waals surface area contributed by atoms with E-state index in [1.165, 1.54) is 57.8 Å². The van der Waals surface area contributed by atoms with E-state index in [9.17, 15) is 4.79 Å². The van der Waals surface area contributed by atoms with E-state index >= 15 is 0 Å². The van der Waals surface area contributed by atoms with Crippen LogP contribution in [0.3, 0.4) is 0 Å². The topological polar surface area (TPSA) is 26.3 Å². The van der Waals surface area contributed by atoms with Crippen molar-refractivity contribution in [2.45, 2.75) is 118 Å². The first-order valence-electron chi connectivity index (χ1n) is 13.5. The average Bonchev–Trinajstić information content (AvgIpc) is 3.05. The minimum absolute atomic E-state index is 0.115. The van der Waals surface area contributed by atoms with Crippen LogP contribution in [-0.4, -0.2) is 12.1 Å². The number of allylic oxidation sites excluding steroid dienone is 1. The number of carbonyl (C=O) groups excluding carboxylic acids is 1. The Labute approximate surface area is 192 Å². The van der Waals surface area contributed by atoms with Gasteiger partial charge >= 0.3 is 5.97 Å². The van der Waals surface area contributed by atoms with Crippen molar-refractivity contribution < 1.29 is 9.53 Å². The zero-order valence-corrected chi connectivity index (χ0v) is 21.2. The van der Waals surface area contributed by atoms with Gasteiger partial charge in [0.25, 0.3) is 0 Å². The van der Waals surface area contributed by atoms with Crippen LogP contribution >= 0.6 is 0 Å². The number of carbonyl (C=O) groups is 1. The van der Waals surface area contributed by atoms with Gasteiger partial charge in [0.1, 0.15) is 6.10 Å². The molecule has 3 fully saturated rings. The Balaban J connectivity index is 1.47. The van der Waals surface area contributed by atoms with Gasteiger partial charge in [-0.3, -0.25) is 4.79 Å². The smallest absolute Gasteiger partial charge is 0.302 e.